The Hall–Kier alpha value is -1.42. The van der Waals surface area contributed by atoms with Gasteiger partial charge in [0.1, 0.15) is 5.01 Å². The predicted molar refractivity (Wildman–Crippen MR) is 63.1 cm³/mol. The smallest absolute Gasteiger partial charge is 0.115 e. The van der Waals surface area contributed by atoms with Crippen LogP contribution in [0.2, 0.25) is 0 Å². The normalized spacial score (nSPS) is 12.4. The van der Waals surface area contributed by atoms with E-state index in [4.69, 9.17) is 0 Å². The zero-order valence-corrected chi connectivity index (χ0v) is 9.58. The number of nitrogens with one attached hydrogen (secondary N) is 1. The Labute approximate surface area is 93.2 Å². The summed E-state index contributed by atoms with van der Waals surface area (Å²) >= 11 is 1.66. The molecule has 15 heavy (non-hydrogen) atoms. The van der Waals surface area contributed by atoms with Crippen LogP contribution in [0.25, 0.3) is 0 Å². The first-order valence-corrected chi connectivity index (χ1v) is 5.72. The van der Waals surface area contributed by atoms with Crippen LogP contribution in [0.1, 0.15) is 23.7 Å². The second-order valence-corrected chi connectivity index (χ2v) is 4.35. The van der Waals surface area contributed by atoms with E-state index in [1.165, 1.54) is 0 Å². The summed E-state index contributed by atoms with van der Waals surface area (Å²) in [6, 6.07) is 4.26. The molecular formula is C11H13N3S. The molecule has 4 heteroatoms. The maximum Gasteiger partial charge on any atom is 0.115 e. The van der Waals surface area contributed by atoms with Crippen molar-refractivity contribution in [2.45, 2.75) is 19.9 Å². The largest absolute Gasteiger partial charge is 0.375 e. The van der Waals surface area contributed by atoms with Crippen LogP contribution >= 0.6 is 11.3 Å². The first kappa shape index (κ1) is 10.1. The Kier molecular flexibility index (Phi) is 2.97. The van der Waals surface area contributed by atoms with Gasteiger partial charge in [0.25, 0.3) is 0 Å². The molecule has 2 heterocycles. The zero-order chi connectivity index (χ0) is 10.7. The summed E-state index contributed by atoms with van der Waals surface area (Å²) in [5.74, 6) is 0. The third-order valence-electron chi connectivity index (χ3n) is 2.12. The molecule has 2 aromatic heterocycles. The van der Waals surface area contributed by atoms with Crippen molar-refractivity contribution in [1.82, 2.24) is 9.97 Å². The molecule has 0 spiro atoms. The van der Waals surface area contributed by atoms with E-state index in [1.807, 2.05) is 36.8 Å². The average Bonchev–Trinajstić information content (AvgIpc) is 2.74. The molecule has 0 amide bonds. The molecule has 0 bridgehead atoms. The highest BCUT2D eigenvalue weighted by molar-refractivity contribution is 7.09. The summed E-state index contributed by atoms with van der Waals surface area (Å²) in [6.07, 6.45) is 3.67. The second kappa shape index (κ2) is 4.40. The van der Waals surface area contributed by atoms with E-state index in [2.05, 4.69) is 22.2 Å². The van der Waals surface area contributed by atoms with E-state index in [-0.39, 0.29) is 6.04 Å². The Morgan fingerprint density at radius 2 is 2.20 bits per heavy atom. The minimum atomic E-state index is 0.231. The molecule has 2 aromatic rings. The fraction of sp³-hybridized carbons (Fsp3) is 0.273. The van der Waals surface area contributed by atoms with Crippen LogP contribution < -0.4 is 5.32 Å². The SMILES string of the molecule is Cc1ccc(N[C@@H](C)c2nccs2)cn1. The molecule has 0 aliphatic rings. The number of aryl methyl sites for hydroxylation is 1. The van der Waals surface area contributed by atoms with Crippen molar-refractivity contribution in [2.75, 3.05) is 5.32 Å². The van der Waals surface area contributed by atoms with Gasteiger partial charge < -0.3 is 5.32 Å². The number of pyridine rings is 1. The quantitative estimate of drug-likeness (QED) is 0.862. The standard InChI is InChI=1S/C11H13N3S/c1-8-3-4-10(7-13-8)14-9(2)11-12-5-6-15-11/h3-7,9,14H,1-2H3/t9-/m0/s1. The molecule has 3 nitrogen and oxygen atoms in total. The molecule has 0 saturated heterocycles. The lowest BCUT2D eigenvalue weighted by atomic mass is 10.3. The number of hydrogen-bond acceptors (Lipinski definition) is 4. The summed E-state index contributed by atoms with van der Waals surface area (Å²) in [6.45, 7) is 4.08. The molecule has 1 atom stereocenters. The minimum absolute atomic E-state index is 0.231. The number of rotatable bonds is 3. The van der Waals surface area contributed by atoms with Gasteiger partial charge in [-0.25, -0.2) is 4.98 Å². The van der Waals surface area contributed by atoms with E-state index in [0.29, 0.717) is 0 Å². The molecule has 2 rings (SSSR count). The lowest BCUT2D eigenvalue weighted by Crippen LogP contribution is -2.06. The lowest BCUT2D eigenvalue weighted by molar-refractivity contribution is 0.867. The molecule has 0 fully saturated rings. The van der Waals surface area contributed by atoms with Crippen LogP contribution in [0, 0.1) is 6.92 Å². The Morgan fingerprint density at radius 1 is 1.33 bits per heavy atom. The highest BCUT2D eigenvalue weighted by Gasteiger charge is 2.07. The molecule has 0 unspecified atom stereocenters. The van der Waals surface area contributed by atoms with Gasteiger partial charge in [-0.3, -0.25) is 4.98 Å². The Balaban J connectivity index is 2.06. The minimum Gasteiger partial charge on any atom is -0.375 e. The molecule has 0 aromatic carbocycles. The van der Waals surface area contributed by atoms with Crippen molar-refractivity contribution in [3.63, 3.8) is 0 Å². The Bertz CT molecular complexity index is 408. The van der Waals surface area contributed by atoms with E-state index in [1.54, 1.807) is 11.3 Å². The summed E-state index contributed by atoms with van der Waals surface area (Å²) in [5, 5.41) is 6.44. The fourth-order valence-corrected chi connectivity index (χ4v) is 1.96. The summed E-state index contributed by atoms with van der Waals surface area (Å²) < 4.78 is 0. The number of aromatic nitrogens is 2. The van der Waals surface area contributed by atoms with Crippen LogP contribution in [-0.2, 0) is 0 Å². The fourth-order valence-electron chi connectivity index (χ4n) is 1.31. The van der Waals surface area contributed by atoms with Crippen molar-refractivity contribution < 1.29 is 0 Å². The van der Waals surface area contributed by atoms with Crippen molar-refractivity contribution in [2.24, 2.45) is 0 Å². The maximum atomic E-state index is 4.27. The van der Waals surface area contributed by atoms with Gasteiger partial charge in [0.15, 0.2) is 0 Å². The maximum absolute atomic E-state index is 4.27. The van der Waals surface area contributed by atoms with Crippen LogP contribution in [0.3, 0.4) is 0 Å². The average molecular weight is 219 g/mol. The summed E-state index contributed by atoms with van der Waals surface area (Å²) in [5.41, 5.74) is 2.06. The topological polar surface area (TPSA) is 37.8 Å². The van der Waals surface area contributed by atoms with Crippen LogP contribution in [0.15, 0.2) is 29.9 Å². The van der Waals surface area contributed by atoms with Crippen molar-refractivity contribution in [1.29, 1.82) is 0 Å². The molecule has 0 radical (unpaired) electrons. The van der Waals surface area contributed by atoms with E-state index in [0.717, 1.165) is 16.4 Å². The van der Waals surface area contributed by atoms with E-state index < -0.39 is 0 Å². The van der Waals surface area contributed by atoms with E-state index in [9.17, 15) is 0 Å². The van der Waals surface area contributed by atoms with Gasteiger partial charge >= 0.3 is 0 Å². The van der Waals surface area contributed by atoms with E-state index >= 15 is 0 Å². The number of nitrogens with zero attached hydrogens (tertiary/aromatic N) is 2. The van der Waals surface area contributed by atoms with Crippen LogP contribution in [0.4, 0.5) is 5.69 Å². The number of thiazole rings is 1. The zero-order valence-electron chi connectivity index (χ0n) is 8.77. The number of anilines is 1. The molecule has 0 aliphatic heterocycles. The highest BCUT2D eigenvalue weighted by Crippen LogP contribution is 2.20. The van der Waals surface area contributed by atoms with Gasteiger partial charge in [0.05, 0.1) is 17.9 Å². The second-order valence-electron chi connectivity index (χ2n) is 3.42. The first-order valence-electron chi connectivity index (χ1n) is 4.84. The summed E-state index contributed by atoms with van der Waals surface area (Å²) in [7, 11) is 0. The van der Waals surface area contributed by atoms with Crippen molar-refractivity contribution >= 4 is 17.0 Å². The number of hydrogen-bond donors (Lipinski definition) is 1. The molecule has 78 valence electrons. The third kappa shape index (κ3) is 2.53. The van der Waals surface area contributed by atoms with Gasteiger partial charge in [-0.1, -0.05) is 0 Å². The third-order valence-corrected chi connectivity index (χ3v) is 3.07. The molecule has 1 N–H and O–H groups in total. The molecule has 0 aliphatic carbocycles. The summed E-state index contributed by atoms with van der Waals surface area (Å²) in [4.78, 5) is 8.50. The van der Waals surface area contributed by atoms with Crippen molar-refractivity contribution in [3.8, 4) is 0 Å². The van der Waals surface area contributed by atoms with Gasteiger partial charge in [0.2, 0.25) is 0 Å². The highest BCUT2D eigenvalue weighted by atomic mass is 32.1. The molecular weight excluding hydrogens is 206 g/mol. The monoisotopic (exact) mass is 219 g/mol. The molecule has 0 saturated carbocycles. The van der Waals surface area contributed by atoms with Gasteiger partial charge in [0, 0.05) is 17.3 Å². The van der Waals surface area contributed by atoms with Gasteiger partial charge in [-0.2, -0.15) is 0 Å². The lowest BCUT2D eigenvalue weighted by Gasteiger charge is -2.12. The van der Waals surface area contributed by atoms with Crippen LogP contribution in [0.5, 0.6) is 0 Å². The first-order chi connectivity index (χ1) is 7.25. The predicted octanol–water partition coefficient (Wildman–Crippen LogP) is 3.02. The van der Waals surface area contributed by atoms with Gasteiger partial charge in [-0.15, -0.1) is 11.3 Å². The van der Waals surface area contributed by atoms with Gasteiger partial charge in [-0.05, 0) is 26.0 Å². The van der Waals surface area contributed by atoms with Crippen molar-refractivity contribution in [3.05, 3.63) is 40.6 Å². The Morgan fingerprint density at radius 3 is 2.80 bits per heavy atom. The van der Waals surface area contributed by atoms with Crippen LogP contribution in [-0.4, -0.2) is 9.97 Å².